The molecule has 3 rings (SSSR count). The van der Waals surface area contributed by atoms with Gasteiger partial charge in [0.2, 0.25) is 0 Å². The Kier molecular flexibility index (Phi) is 2.77. The van der Waals surface area contributed by atoms with Crippen molar-refractivity contribution in [3.63, 3.8) is 0 Å². The molecule has 0 atom stereocenters. The topological polar surface area (TPSA) is 63.8 Å². The minimum Gasteiger partial charge on any atom is -0.382 e. The van der Waals surface area contributed by atoms with Crippen LogP contribution in [0.3, 0.4) is 0 Å². The second kappa shape index (κ2) is 4.44. The molecule has 2 heterocycles. The van der Waals surface area contributed by atoms with Crippen LogP contribution in [0.15, 0.2) is 36.0 Å². The van der Waals surface area contributed by atoms with Crippen molar-refractivity contribution in [3.8, 4) is 0 Å². The third kappa shape index (κ3) is 1.98. The Hall–Kier alpha value is -1.85. The molecule has 0 amide bonds. The maximum absolute atomic E-state index is 6.03. The summed E-state index contributed by atoms with van der Waals surface area (Å²) in [6, 6.07) is 8.15. The lowest BCUT2D eigenvalue weighted by Crippen LogP contribution is -1.99. The summed E-state index contributed by atoms with van der Waals surface area (Å²) in [5.74, 6) is 0.782. The van der Waals surface area contributed by atoms with Crippen LogP contribution in [0.5, 0.6) is 0 Å². The van der Waals surface area contributed by atoms with Gasteiger partial charge >= 0.3 is 0 Å². The van der Waals surface area contributed by atoms with Gasteiger partial charge in [-0.15, -0.1) is 11.3 Å². The van der Waals surface area contributed by atoms with E-state index >= 15 is 0 Å². The van der Waals surface area contributed by atoms with E-state index in [2.05, 4.69) is 32.8 Å². The van der Waals surface area contributed by atoms with Crippen LogP contribution in [0.2, 0.25) is 5.02 Å². The number of hydrogen-bond acceptors (Lipinski definition) is 5. The average Bonchev–Trinajstić information content (AvgIpc) is 2.82. The Balaban J connectivity index is 1.98. The number of nitrogens with one attached hydrogen (secondary N) is 1. The lowest BCUT2D eigenvalue weighted by molar-refractivity contribution is 1.18. The number of halogens is 1. The summed E-state index contributed by atoms with van der Waals surface area (Å²) in [4.78, 5) is 7.89. The van der Waals surface area contributed by atoms with Crippen LogP contribution in [-0.2, 0) is 0 Å². The molecule has 0 unspecified atom stereocenters. The van der Waals surface area contributed by atoms with Crippen LogP contribution >= 0.6 is 22.9 Å². The molecule has 0 saturated heterocycles. The van der Waals surface area contributed by atoms with E-state index in [1.165, 1.54) is 16.4 Å². The van der Waals surface area contributed by atoms with Crippen molar-refractivity contribution in [2.75, 3.05) is 11.1 Å². The van der Waals surface area contributed by atoms with E-state index in [9.17, 15) is 0 Å². The molecule has 3 aromatic rings. The van der Waals surface area contributed by atoms with Gasteiger partial charge < -0.3 is 11.1 Å². The first kappa shape index (κ1) is 11.3. The number of benzene rings is 1. The van der Waals surface area contributed by atoms with E-state index in [0.717, 1.165) is 5.69 Å². The molecule has 6 heteroatoms. The van der Waals surface area contributed by atoms with Gasteiger partial charge in [-0.2, -0.15) is 0 Å². The summed E-state index contributed by atoms with van der Waals surface area (Å²) >= 11 is 7.74. The van der Waals surface area contributed by atoms with E-state index in [1.807, 2.05) is 12.1 Å². The van der Waals surface area contributed by atoms with E-state index in [-0.39, 0.29) is 5.82 Å². The summed E-state index contributed by atoms with van der Waals surface area (Å²) in [5.41, 5.74) is 6.54. The third-order valence-corrected chi connectivity index (χ3v) is 3.80. The number of fused-ring (bicyclic) bond motifs is 1. The maximum Gasteiger partial charge on any atom is 0.154 e. The molecule has 0 aliphatic heterocycles. The van der Waals surface area contributed by atoms with Gasteiger partial charge in [-0.25, -0.2) is 9.97 Å². The fourth-order valence-corrected chi connectivity index (χ4v) is 2.57. The highest BCUT2D eigenvalue weighted by molar-refractivity contribution is 7.17. The number of rotatable bonds is 2. The lowest BCUT2D eigenvalue weighted by atomic mass is 10.2. The second-order valence-corrected chi connectivity index (χ2v) is 5.05. The molecule has 4 nitrogen and oxygen atoms in total. The van der Waals surface area contributed by atoms with Crippen molar-refractivity contribution in [1.29, 1.82) is 0 Å². The van der Waals surface area contributed by atoms with Crippen LogP contribution in [-0.4, -0.2) is 9.97 Å². The minimum atomic E-state index is 0.269. The van der Waals surface area contributed by atoms with E-state index in [0.29, 0.717) is 10.8 Å². The number of hydrogen-bond donors (Lipinski definition) is 2. The van der Waals surface area contributed by atoms with E-state index in [4.69, 9.17) is 17.3 Å². The van der Waals surface area contributed by atoms with E-state index in [1.54, 1.807) is 11.3 Å². The SMILES string of the molecule is Nc1ncnc(Nc2ccc3sccc3c2)c1Cl. The second-order valence-electron chi connectivity index (χ2n) is 3.72. The Morgan fingerprint density at radius 3 is 3.00 bits per heavy atom. The molecule has 90 valence electrons. The lowest BCUT2D eigenvalue weighted by Gasteiger charge is -2.08. The number of nitrogen functional groups attached to an aromatic ring is 1. The molecular weight excluding hydrogens is 268 g/mol. The number of nitrogens with zero attached hydrogens (tertiary/aromatic N) is 2. The van der Waals surface area contributed by atoms with Crippen LogP contribution < -0.4 is 11.1 Å². The fourth-order valence-electron chi connectivity index (χ4n) is 1.65. The Morgan fingerprint density at radius 2 is 2.11 bits per heavy atom. The first-order valence-corrected chi connectivity index (χ1v) is 6.50. The summed E-state index contributed by atoms with van der Waals surface area (Å²) in [6.07, 6.45) is 1.38. The number of anilines is 3. The summed E-state index contributed by atoms with van der Waals surface area (Å²) in [7, 11) is 0. The predicted octanol–water partition coefficient (Wildman–Crippen LogP) is 3.67. The van der Waals surface area contributed by atoms with Crippen molar-refractivity contribution in [1.82, 2.24) is 9.97 Å². The molecule has 0 aliphatic carbocycles. The minimum absolute atomic E-state index is 0.269. The molecule has 0 aliphatic rings. The molecule has 0 bridgehead atoms. The van der Waals surface area contributed by atoms with Gasteiger partial charge in [0.25, 0.3) is 0 Å². The summed E-state index contributed by atoms with van der Waals surface area (Å²) in [6.45, 7) is 0. The van der Waals surface area contributed by atoms with Gasteiger partial charge in [0.05, 0.1) is 0 Å². The fraction of sp³-hybridized carbons (Fsp3) is 0. The number of aromatic nitrogens is 2. The van der Waals surface area contributed by atoms with Crippen molar-refractivity contribution in [3.05, 3.63) is 41.0 Å². The first-order valence-electron chi connectivity index (χ1n) is 5.24. The van der Waals surface area contributed by atoms with Crippen molar-refractivity contribution in [2.24, 2.45) is 0 Å². The Labute approximate surface area is 112 Å². The van der Waals surface area contributed by atoms with Crippen molar-refractivity contribution >= 4 is 50.3 Å². The predicted molar refractivity (Wildman–Crippen MR) is 76.6 cm³/mol. The Morgan fingerprint density at radius 1 is 1.22 bits per heavy atom. The molecule has 2 aromatic heterocycles. The standard InChI is InChI=1S/C12H9ClN4S/c13-10-11(14)15-6-16-12(10)17-8-1-2-9-7(5-8)3-4-18-9/h1-6H,(H3,14,15,16,17). The van der Waals surface area contributed by atoms with Crippen LogP contribution in [0, 0.1) is 0 Å². The largest absolute Gasteiger partial charge is 0.382 e. The zero-order chi connectivity index (χ0) is 12.5. The quantitative estimate of drug-likeness (QED) is 0.749. The molecule has 0 fully saturated rings. The van der Waals surface area contributed by atoms with Gasteiger partial charge in [0.15, 0.2) is 5.82 Å². The van der Waals surface area contributed by atoms with Gasteiger partial charge in [0.1, 0.15) is 17.2 Å². The van der Waals surface area contributed by atoms with Gasteiger partial charge in [-0.05, 0) is 35.0 Å². The molecule has 18 heavy (non-hydrogen) atoms. The average molecular weight is 277 g/mol. The number of nitrogens with two attached hydrogens (primary N) is 1. The van der Waals surface area contributed by atoms with Crippen LogP contribution in [0.1, 0.15) is 0 Å². The summed E-state index contributed by atoms with van der Waals surface area (Å²) in [5, 5.41) is 6.72. The highest BCUT2D eigenvalue weighted by Gasteiger charge is 2.07. The normalized spacial score (nSPS) is 10.7. The molecule has 1 aromatic carbocycles. The monoisotopic (exact) mass is 276 g/mol. The van der Waals surface area contributed by atoms with Crippen molar-refractivity contribution < 1.29 is 0 Å². The first-order chi connectivity index (χ1) is 8.74. The highest BCUT2D eigenvalue weighted by Crippen LogP contribution is 2.29. The molecule has 3 N–H and O–H groups in total. The smallest absolute Gasteiger partial charge is 0.154 e. The maximum atomic E-state index is 6.03. The summed E-state index contributed by atoms with van der Waals surface area (Å²) < 4.78 is 1.24. The molecule has 0 saturated carbocycles. The Bertz CT molecular complexity index is 710. The molecular formula is C12H9ClN4S. The third-order valence-electron chi connectivity index (χ3n) is 2.53. The zero-order valence-corrected chi connectivity index (χ0v) is 10.8. The van der Waals surface area contributed by atoms with Gasteiger partial charge in [-0.3, -0.25) is 0 Å². The highest BCUT2D eigenvalue weighted by atomic mass is 35.5. The van der Waals surface area contributed by atoms with Crippen LogP contribution in [0.4, 0.5) is 17.3 Å². The van der Waals surface area contributed by atoms with Gasteiger partial charge in [0, 0.05) is 10.4 Å². The molecule has 0 spiro atoms. The van der Waals surface area contributed by atoms with E-state index < -0.39 is 0 Å². The number of thiophene rings is 1. The van der Waals surface area contributed by atoms with Crippen molar-refractivity contribution in [2.45, 2.75) is 0 Å². The molecule has 0 radical (unpaired) electrons. The van der Waals surface area contributed by atoms with Gasteiger partial charge in [-0.1, -0.05) is 11.6 Å². The van der Waals surface area contributed by atoms with Crippen LogP contribution in [0.25, 0.3) is 10.1 Å². The zero-order valence-electron chi connectivity index (χ0n) is 9.22.